The summed E-state index contributed by atoms with van der Waals surface area (Å²) in [6.45, 7) is 7.42. The Hall–Kier alpha value is -4.31. The highest BCUT2D eigenvalue weighted by molar-refractivity contribution is 5.91. The molecule has 0 radical (unpaired) electrons. The van der Waals surface area contributed by atoms with E-state index in [4.69, 9.17) is 15.2 Å². The third-order valence-corrected chi connectivity index (χ3v) is 6.46. The van der Waals surface area contributed by atoms with Crippen molar-refractivity contribution in [3.63, 3.8) is 0 Å². The van der Waals surface area contributed by atoms with Crippen molar-refractivity contribution in [3.05, 3.63) is 78.4 Å². The van der Waals surface area contributed by atoms with Crippen molar-refractivity contribution in [2.24, 2.45) is 0 Å². The molecule has 4 aromatic rings. The highest BCUT2D eigenvalue weighted by Crippen LogP contribution is 2.41. The summed E-state index contributed by atoms with van der Waals surface area (Å²) in [5.74, 6) is 1.40. The van der Waals surface area contributed by atoms with Gasteiger partial charge in [0.05, 0.1) is 29.6 Å². The van der Waals surface area contributed by atoms with Crippen LogP contribution < -0.4 is 20.5 Å². The second-order valence-electron chi connectivity index (χ2n) is 8.96. The average molecular weight is 552 g/mol. The summed E-state index contributed by atoms with van der Waals surface area (Å²) >= 11 is 0. The van der Waals surface area contributed by atoms with Crippen LogP contribution in [0.3, 0.4) is 0 Å². The van der Waals surface area contributed by atoms with E-state index in [1.54, 1.807) is 48.5 Å². The summed E-state index contributed by atoms with van der Waals surface area (Å²) in [6.07, 6.45) is -4.52. The van der Waals surface area contributed by atoms with Crippen molar-refractivity contribution in [1.29, 1.82) is 0 Å². The van der Waals surface area contributed by atoms with E-state index in [0.717, 1.165) is 31.8 Å². The van der Waals surface area contributed by atoms with E-state index >= 15 is 0 Å². The fourth-order valence-corrected chi connectivity index (χ4v) is 4.32. The molecule has 3 aromatic carbocycles. The average Bonchev–Trinajstić information content (AvgIpc) is 2.95. The van der Waals surface area contributed by atoms with Gasteiger partial charge in [-0.05, 0) is 67.2 Å². The zero-order valence-corrected chi connectivity index (χ0v) is 22.6. The molecule has 0 atom stereocenters. The Kier molecular flexibility index (Phi) is 9.11. The summed E-state index contributed by atoms with van der Waals surface area (Å²) in [7, 11) is 1.53. The molecule has 0 bridgehead atoms. The number of ether oxygens (including phenoxy) is 2. The molecular formula is C30H32F3N5O2. The maximum atomic E-state index is 13.7. The van der Waals surface area contributed by atoms with Crippen LogP contribution >= 0.6 is 0 Å². The van der Waals surface area contributed by atoms with Gasteiger partial charge in [0.1, 0.15) is 23.9 Å². The summed E-state index contributed by atoms with van der Waals surface area (Å²) in [4.78, 5) is 11.1. The van der Waals surface area contributed by atoms with E-state index in [2.05, 4.69) is 34.0 Å². The zero-order chi connectivity index (χ0) is 28.7. The summed E-state index contributed by atoms with van der Waals surface area (Å²) in [6, 6.07) is 19.4. The molecule has 0 fully saturated rings. The number of aromatic nitrogens is 2. The number of rotatable bonds is 11. The van der Waals surface area contributed by atoms with Gasteiger partial charge in [-0.25, -0.2) is 4.98 Å². The molecule has 0 aliphatic heterocycles. The number of hydrogen-bond donors (Lipinski definition) is 2. The lowest BCUT2D eigenvalue weighted by Gasteiger charge is -2.19. The molecular weight excluding hydrogens is 519 g/mol. The van der Waals surface area contributed by atoms with Crippen LogP contribution in [0.15, 0.2) is 72.8 Å². The van der Waals surface area contributed by atoms with Gasteiger partial charge in [-0.3, -0.25) is 0 Å². The highest BCUT2D eigenvalue weighted by atomic mass is 19.4. The predicted molar refractivity (Wildman–Crippen MR) is 152 cm³/mol. The molecule has 0 aliphatic carbocycles. The quantitative estimate of drug-likeness (QED) is 0.210. The Bertz CT molecular complexity index is 1420. The van der Waals surface area contributed by atoms with Crippen LogP contribution in [-0.4, -0.2) is 48.2 Å². The normalized spacial score (nSPS) is 11.5. The topological polar surface area (TPSA) is 85.5 Å². The lowest BCUT2D eigenvalue weighted by atomic mass is 9.97. The molecule has 0 amide bonds. The van der Waals surface area contributed by atoms with E-state index in [1.807, 2.05) is 6.07 Å². The van der Waals surface area contributed by atoms with Crippen LogP contribution in [0.1, 0.15) is 19.4 Å². The summed E-state index contributed by atoms with van der Waals surface area (Å²) in [5.41, 5.74) is 7.55. The second-order valence-corrected chi connectivity index (χ2v) is 8.96. The van der Waals surface area contributed by atoms with Crippen molar-refractivity contribution >= 4 is 17.5 Å². The van der Waals surface area contributed by atoms with E-state index in [-0.39, 0.29) is 17.3 Å². The first kappa shape index (κ1) is 28.7. The Morgan fingerprint density at radius 2 is 1.62 bits per heavy atom. The molecule has 0 aliphatic rings. The van der Waals surface area contributed by atoms with Crippen molar-refractivity contribution in [1.82, 2.24) is 14.9 Å². The number of hydrogen-bond acceptors (Lipinski definition) is 7. The first-order valence-electron chi connectivity index (χ1n) is 12.9. The number of nitrogen functional groups attached to an aromatic ring is 1. The summed E-state index contributed by atoms with van der Waals surface area (Å²) in [5, 5.41) is 3.19. The number of alkyl halides is 3. The molecule has 1 aromatic heterocycles. The van der Waals surface area contributed by atoms with E-state index < -0.39 is 11.7 Å². The number of methoxy groups -OCH3 is 1. The first-order valence-corrected chi connectivity index (χ1v) is 12.9. The number of nitrogens with one attached hydrogen (secondary N) is 1. The molecule has 1 heterocycles. The van der Waals surface area contributed by atoms with Crippen LogP contribution in [0.25, 0.3) is 22.4 Å². The molecule has 40 heavy (non-hydrogen) atoms. The largest absolute Gasteiger partial charge is 0.495 e. The third kappa shape index (κ3) is 6.81. The maximum Gasteiger partial charge on any atom is 0.416 e. The number of nitrogens with zero attached hydrogens (tertiary/aromatic N) is 3. The lowest BCUT2D eigenvalue weighted by Crippen LogP contribution is -2.27. The lowest BCUT2D eigenvalue weighted by molar-refractivity contribution is -0.137. The molecule has 3 N–H and O–H groups in total. The van der Waals surface area contributed by atoms with E-state index in [9.17, 15) is 13.2 Å². The zero-order valence-electron chi connectivity index (χ0n) is 22.6. The molecule has 0 spiro atoms. The van der Waals surface area contributed by atoms with Gasteiger partial charge in [0.2, 0.25) is 5.95 Å². The van der Waals surface area contributed by atoms with Crippen molar-refractivity contribution in [2.75, 3.05) is 44.4 Å². The molecule has 0 saturated carbocycles. The molecule has 4 rings (SSSR count). The van der Waals surface area contributed by atoms with E-state index in [1.165, 1.54) is 13.2 Å². The molecule has 0 saturated heterocycles. The standard InChI is InChI=1S/C30H32F3N5O2/c1-4-38(5-2)17-18-40-23-15-13-20(14-16-23)27-26(21-9-8-10-22(19-21)30(31,32)33)28(37-29(34)36-27)35-24-11-6-7-12-25(24)39-3/h6-16,19H,4-5,17-18H2,1-3H3,(H3,34,35,36,37). The summed E-state index contributed by atoms with van der Waals surface area (Å²) < 4.78 is 52.3. The Morgan fingerprint density at radius 1 is 0.900 bits per heavy atom. The van der Waals surface area contributed by atoms with Gasteiger partial charge in [-0.15, -0.1) is 0 Å². The van der Waals surface area contributed by atoms with Gasteiger partial charge in [0.15, 0.2) is 0 Å². The van der Waals surface area contributed by atoms with Crippen molar-refractivity contribution in [2.45, 2.75) is 20.0 Å². The van der Waals surface area contributed by atoms with Gasteiger partial charge in [0, 0.05) is 12.1 Å². The smallest absolute Gasteiger partial charge is 0.416 e. The van der Waals surface area contributed by atoms with Crippen molar-refractivity contribution < 1.29 is 22.6 Å². The molecule has 210 valence electrons. The number of likely N-dealkylation sites (N-methyl/N-ethyl adjacent to an activating group) is 1. The predicted octanol–water partition coefficient (Wildman–Crippen LogP) is 6.88. The van der Waals surface area contributed by atoms with Gasteiger partial charge < -0.3 is 25.4 Å². The monoisotopic (exact) mass is 551 g/mol. The fourth-order valence-electron chi connectivity index (χ4n) is 4.32. The van der Waals surface area contributed by atoms with Gasteiger partial charge >= 0.3 is 6.18 Å². The first-order chi connectivity index (χ1) is 19.2. The second kappa shape index (κ2) is 12.7. The van der Waals surface area contributed by atoms with Crippen LogP contribution in [-0.2, 0) is 6.18 Å². The SMILES string of the molecule is CCN(CC)CCOc1ccc(-c2nc(N)nc(Nc3ccccc3OC)c2-c2cccc(C(F)(F)F)c2)cc1. The number of para-hydroxylation sites is 2. The molecule has 0 unspecified atom stereocenters. The minimum atomic E-state index is -4.52. The van der Waals surface area contributed by atoms with Crippen LogP contribution in [0.5, 0.6) is 11.5 Å². The molecule has 10 heteroatoms. The number of anilines is 3. The Balaban J connectivity index is 1.78. The van der Waals surface area contributed by atoms with Gasteiger partial charge in [0.25, 0.3) is 0 Å². The number of nitrogens with two attached hydrogens (primary N) is 1. The van der Waals surface area contributed by atoms with Crippen molar-refractivity contribution in [3.8, 4) is 33.9 Å². The molecule has 7 nitrogen and oxygen atoms in total. The van der Waals surface area contributed by atoms with Gasteiger partial charge in [-0.2, -0.15) is 18.2 Å². The van der Waals surface area contributed by atoms with E-state index in [0.29, 0.717) is 40.6 Å². The maximum absolute atomic E-state index is 13.7. The minimum absolute atomic E-state index is 0.0392. The third-order valence-electron chi connectivity index (χ3n) is 6.46. The van der Waals surface area contributed by atoms with Crippen LogP contribution in [0.2, 0.25) is 0 Å². The van der Waals surface area contributed by atoms with Crippen LogP contribution in [0, 0.1) is 0 Å². The van der Waals surface area contributed by atoms with Gasteiger partial charge in [-0.1, -0.05) is 38.1 Å². The van der Waals surface area contributed by atoms with Crippen LogP contribution in [0.4, 0.5) is 30.6 Å². The number of halogens is 3. The number of benzene rings is 3. The Labute approximate surface area is 231 Å². The fraction of sp³-hybridized carbons (Fsp3) is 0.267. The highest BCUT2D eigenvalue weighted by Gasteiger charge is 2.31. The minimum Gasteiger partial charge on any atom is -0.495 e. The Morgan fingerprint density at radius 3 is 2.30 bits per heavy atom.